The van der Waals surface area contributed by atoms with Gasteiger partial charge in [0.2, 0.25) is 5.91 Å². The molecule has 0 fully saturated rings. The molecule has 1 amide bonds. The van der Waals surface area contributed by atoms with Gasteiger partial charge in [0.1, 0.15) is 5.75 Å². The van der Waals surface area contributed by atoms with Gasteiger partial charge >= 0.3 is 0 Å². The number of hydrogen-bond donors (Lipinski definition) is 1. The van der Waals surface area contributed by atoms with E-state index in [1.807, 2.05) is 39.0 Å². The van der Waals surface area contributed by atoms with Crippen LogP contribution >= 0.6 is 0 Å². The van der Waals surface area contributed by atoms with Crippen LogP contribution < -0.4 is 10.1 Å². The fraction of sp³-hybridized carbons (Fsp3) is 0.500. The van der Waals surface area contributed by atoms with Gasteiger partial charge in [-0.1, -0.05) is 19.9 Å². The Hall–Kier alpha value is -1.51. The van der Waals surface area contributed by atoms with Crippen LogP contribution in [0.1, 0.15) is 32.3 Å². The van der Waals surface area contributed by atoms with Gasteiger partial charge in [-0.2, -0.15) is 0 Å². The van der Waals surface area contributed by atoms with Crippen molar-refractivity contribution in [2.45, 2.75) is 33.6 Å². The first kappa shape index (κ1) is 13.6. The zero-order valence-corrected chi connectivity index (χ0v) is 11.0. The van der Waals surface area contributed by atoms with E-state index in [0.29, 0.717) is 5.75 Å². The van der Waals surface area contributed by atoms with Gasteiger partial charge < -0.3 is 10.1 Å². The molecule has 94 valence electrons. The third-order valence-corrected chi connectivity index (χ3v) is 2.97. The maximum absolute atomic E-state index is 12.0. The Bertz CT molecular complexity index is 384. The molecule has 0 aliphatic heterocycles. The number of anilines is 1. The second kappa shape index (κ2) is 6.28. The van der Waals surface area contributed by atoms with Crippen LogP contribution in [0.3, 0.4) is 0 Å². The normalized spacial score (nSPS) is 10.4. The van der Waals surface area contributed by atoms with Gasteiger partial charge in [-0.05, 0) is 37.5 Å². The van der Waals surface area contributed by atoms with E-state index in [1.54, 1.807) is 7.11 Å². The molecule has 17 heavy (non-hydrogen) atoms. The van der Waals surface area contributed by atoms with Crippen LogP contribution in [0.4, 0.5) is 5.69 Å². The second-order valence-electron chi connectivity index (χ2n) is 4.21. The summed E-state index contributed by atoms with van der Waals surface area (Å²) in [6, 6.07) is 5.77. The smallest absolute Gasteiger partial charge is 0.227 e. The highest BCUT2D eigenvalue weighted by atomic mass is 16.5. The lowest BCUT2D eigenvalue weighted by atomic mass is 10.0. The molecule has 0 aliphatic carbocycles. The largest absolute Gasteiger partial charge is 0.495 e. The Morgan fingerprint density at radius 2 is 2.00 bits per heavy atom. The van der Waals surface area contributed by atoms with Gasteiger partial charge in [-0.3, -0.25) is 4.79 Å². The predicted octanol–water partition coefficient (Wildman–Crippen LogP) is 3.38. The molecule has 0 aliphatic rings. The van der Waals surface area contributed by atoms with Crippen LogP contribution in [0.2, 0.25) is 0 Å². The van der Waals surface area contributed by atoms with Crippen molar-refractivity contribution >= 4 is 11.6 Å². The number of benzene rings is 1. The highest BCUT2D eigenvalue weighted by Gasteiger charge is 2.15. The van der Waals surface area contributed by atoms with Gasteiger partial charge in [0.05, 0.1) is 12.8 Å². The van der Waals surface area contributed by atoms with E-state index in [-0.39, 0.29) is 11.8 Å². The van der Waals surface area contributed by atoms with E-state index in [9.17, 15) is 4.79 Å². The fourth-order valence-corrected chi connectivity index (χ4v) is 1.81. The molecule has 1 aromatic carbocycles. The molecule has 0 aromatic heterocycles. The topological polar surface area (TPSA) is 38.3 Å². The molecule has 3 heteroatoms. The minimum Gasteiger partial charge on any atom is -0.495 e. The summed E-state index contributed by atoms with van der Waals surface area (Å²) in [6.07, 6.45) is 1.72. The van der Waals surface area contributed by atoms with Crippen molar-refractivity contribution < 1.29 is 9.53 Å². The highest BCUT2D eigenvalue weighted by Crippen LogP contribution is 2.26. The lowest BCUT2D eigenvalue weighted by Gasteiger charge is -2.15. The van der Waals surface area contributed by atoms with Crippen LogP contribution in [0.15, 0.2) is 18.2 Å². The molecule has 0 atom stereocenters. The van der Waals surface area contributed by atoms with Gasteiger partial charge in [-0.15, -0.1) is 0 Å². The summed E-state index contributed by atoms with van der Waals surface area (Å²) in [7, 11) is 1.61. The predicted molar refractivity (Wildman–Crippen MR) is 70.4 cm³/mol. The van der Waals surface area contributed by atoms with Crippen molar-refractivity contribution in [1.82, 2.24) is 0 Å². The molecule has 0 unspecified atom stereocenters. The zero-order valence-electron chi connectivity index (χ0n) is 11.0. The molecular formula is C14H21NO2. The third-order valence-electron chi connectivity index (χ3n) is 2.97. The van der Waals surface area contributed by atoms with Crippen molar-refractivity contribution in [3.05, 3.63) is 23.8 Å². The van der Waals surface area contributed by atoms with Gasteiger partial charge in [0.15, 0.2) is 0 Å². The van der Waals surface area contributed by atoms with E-state index in [0.717, 1.165) is 24.1 Å². The minimum atomic E-state index is 0.0684. The molecule has 1 aromatic rings. The van der Waals surface area contributed by atoms with Crippen molar-refractivity contribution in [1.29, 1.82) is 0 Å². The number of amides is 1. The lowest BCUT2D eigenvalue weighted by Crippen LogP contribution is -2.22. The number of carbonyl (C=O) groups excluding carboxylic acids is 1. The molecular weight excluding hydrogens is 214 g/mol. The van der Waals surface area contributed by atoms with Crippen LogP contribution in [-0.2, 0) is 4.79 Å². The van der Waals surface area contributed by atoms with Crippen molar-refractivity contribution in [2.24, 2.45) is 5.92 Å². The molecule has 0 heterocycles. The molecule has 0 saturated heterocycles. The van der Waals surface area contributed by atoms with E-state index >= 15 is 0 Å². The number of ether oxygens (including phenoxy) is 1. The average Bonchev–Trinajstić information content (AvgIpc) is 2.31. The number of hydrogen-bond acceptors (Lipinski definition) is 2. The molecule has 0 radical (unpaired) electrons. The maximum atomic E-state index is 12.0. The molecule has 1 N–H and O–H groups in total. The number of carbonyl (C=O) groups is 1. The van der Waals surface area contributed by atoms with Gasteiger partial charge in [0, 0.05) is 5.92 Å². The molecule has 0 spiro atoms. The van der Waals surface area contributed by atoms with Crippen molar-refractivity contribution in [3.8, 4) is 5.75 Å². The lowest BCUT2D eigenvalue weighted by molar-refractivity contribution is -0.120. The second-order valence-corrected chi connectivity index (χ2v) is 4.21. The Kier molecular flexibility index (Phi) is 5.01. The monoisotopic (exact) mass is 235 g/mol. The molecule has 1 rings (SSSR count). The summed E-state index contributed by atoms with van der Waals surface area (Å²) in [4.78, 5) is 12.0. The summed E-state index contributed by atoms with van der Waals surface area (Å²) < 4.78 is 5.23. The Morgan fingerprint density at radius 1 is 1.35 bits per heavy atom. The number of rotatable bonds is 5. The first-order valence-electron chi connectivity index (χ1n) is 6.07. The summed E-state index contributed by atoms with van der Waals surface area (Å²) in [5.41, 5.74) is 1.86. The Balaban J connectivity index is 2.86. The minimum absolute atomic E-state index is 0.0684. The SMILES string of the molecule is CCC(CC)C(=O)Nc1cc(C)ccc1OC. The maximum Gasteiger partial charge on any atom is 0.227 e. The van der Waals surface area contributed by atoms with E-state index in [1.165, 1.54) is 0 Å². The summed E-state index contributed by atoms with van der Waals surface area (Å²) >= 11 is 0. The number of aryl methyl sites for hydroxylation is 1. The Morgan fingerprint density at radius 3 is 2.53 bits per heavy atom. The van der Waals surface area contributed by atoms with Gasteiger partial charge in [0.25, 0.3) is 0 Å². The molecule has 0 bridgehead atoms. The number of nitrogens with one attached hydrogen (secondary N) is 1. The van der Waals surface area contributed by atoms with Crippen LogP contribution in [0.25, 0.3) is 0 Å². The first-order valence-corrected chi connectivity index (χ1v) is 6.07. The Labute approximate surface area is 103 Å². The van der Waals surface area contributed by atoms with Crippen LogP contribution in [0, 0.1) is 12.8 Å². The molecule has 0 saturated carbocycles. The number of methoxy groups -OCH3 is 1. The third kappa shape index (κ3) is 3.48. The van der Waals surface area contributed by atoms with Gasteiger partial charge in [-0.25, -0.2) is 0 Å². The van der Waals surface area contributed by atoms with Crippen molar-refractivity contribution in [2.75, 3.05) is 12.4 Å². The summed E-state index contributed by atoms with van der Waals surface area (Å²) in [5, 5.41) is 2.94. The first-order chi connectivity index (χ1) is 8.12. The fourth-order valence-electron chi connectivity index (χ4n) is 1.81. The van der Waals surface area contributed by atoms with E-state index in [4.69, 9.17) is 4.74 Å². The van der Waals surface area contributed by atoms with E-state index in [2.05, 4.69) is 5.32 Å². The highest BCUT2D eigenvalue weighted by molar-refractivity contribution is 5.94. The molecule has 3 nitrogen and oxygen atoms in total. The van der Waals surface area contributed by atoms with E-state index < -0.39 is 0 Å². The standard InChI is InChI=1S/C14H21NO2/c1-5-11(6-2)14(16)15-12-9-10(3)7-8-13(12)17-4/h7-9,11H,5-6H2,1-4H3,(H,15,16). The van der Waals surface area contributed by atoms with Crippen LogP contribution in [0.5, 0.6) is 5.75 Å². The summed E-state index contributed by atoms with van der Waals surface area (Å²) in [5.74, 6) is 0.842. The quantitative estimate of drug-likeness (QED) is 0.849. The summed E-state index contributed by atoms with van der Waals surface area (Å²) in [6.45, 7) is 6.05. The zero-order chi connectivity index (χ0) is 12.8. The van der Waals surface area contributed by atoms with Crippen LogP contribution in [-0.4, -0.2) is 13.0 Å². The van der Waals surface area contributed by atoms with Crippen molar-refractivity contribution in [3.63, 3.8) is 0 Å². The average molecular weight is 235 g/mol.